The van der Waals surface area contributed by atoms with Gasteiger partial charge in [0.15, 0.2) is 0 Å². The van der Waals surface area contributed by atoms with Crippen LogP contribution < -0.4 is 4.74 Å². The fraction of sp³-hybridized carbons (Fsp3) is 0.0667. The maximum atomic E-state index is 11.7. The highest BCUT2D eigenvalue weighted by Gasteiger charge is 2.24. The number of hydrogen-bond donors (Lipinski definition) is 0. The lowest BCUT2D eigenvalue weighted by atomic mass is 10.1. The number of ether oxygens (including phenoxy) is 2. The summed E-state index contributed by atoms with van der Waals surface area (Å²) in [5.74, 6) is -0.324. The Hall–Kier alpha value is -2.74. The fourth-order valence-corrected chi connectivity index (χ4v) is 2.24. The van der Waals surface area contributed by atoms with Gasteiger partial charge in [-0.3, -0.25) is 14.9 Å². The molecule has 118 valence electrons. The molecular formula is C15H10BrNO6. The molecule has 0 aliphatic heterocycles. The molecule has 0 fully saturated rings. The average molecular weight is 380 g/mol. The molecule has 0 radical (unpaired) electrons. The van der Waals surface area contributed by atoms with Crippen LogP contribution in [0.3, 0.4) is 0 Å². The zero-order valence-corrected chi connectivity index (χ0v) is 13.4. The quantitative estimate of drug-likeness (QED) is 0.339. The Morgan fingerprint density at radius 2 is 2.04 bits per heavy atom. The normalized spacial score (nSPS) is 10.0. The van der Waals surface area contributed by atoms with Crippen LogP contribution in [0.15, 0.2) is 40.9 Å². The molecule has 7 nitrogen and oxygen atoms in total. The summed E-state index contributed by atoms with van der Waals surface area (Å²) >= 11 is 3.16. The number of benzene rings is 2. The molecule has 2 aromatic rings. The van der Waals surface area contributed by atoms with Crippen LogP contribution in [0.25, 0.3) is 0 Å². The summed E-state index contributed by atoms with van der Waals surface area (Å²) in [6.07, 6.45) is 0.664. The number of rotatable bonds is 5. The van der Waals surface area contributed by atoms with E-state index in [2.05, 4.69) is 20.7 Å². The van der Waals surface area contributed by atoms with Gasteiger partial charge in [0.05, 0.1) is 16.5 Å². The third-order valence-corrected chi connectivity index (χ3v) is 3.49. The van der Waals surface area contributed by atoms with Gasteiger partial charge < -0.3 is 9.47 Å². The molecule has 0 N–H and O–H groups in total. The number of esters is 1. The number of aldehydes is 1. The number of hydrogen-bond acceptors (Lipinski definition) is 6. The van der Waals surface area contributed by atoms with Crippen LogP contribution in [-0.2, 0) is 4.74 Å². The van der Waals surface area contributed by atoms with Gasteiger partial charge in [0.2, 0.25) is 0 Å². The second kappa shape index (κ2) is 7.01. The Balaban J connectivity index is 2.48. The summed E-state index contributed by atoms with van der Waals surface area (Å²) in [4.78, 5) is 32.8. The highest BCUT2D eigenvalue weighted by atomic mass is 79.9. The van der Waals surface area contributed by atoms with E-state index < -0.39 is 16.6 Å². The summed E-state index contributed by atoms with van der Waals surface area (Å²) in [5, 5.41) is 11.0. The zero-order chi connectivity index (χ0) is 17.0. The Bertz CT molecular complexity index is 790. The Labute approximate surface area is 139 Å². The van der Waals surface area contributed by atoms with Crippen molar-refractivity contribution in [3.05, 3.63) is 62.1 Å². The minimum Gasteiger partial charge on any atom is -0.465 e. The van der Waals surface area contributed by atoms with Crippen molar-refractivity contribution < 1.29 is 24.0 Å². The van der Waals surface area contributed by atoms with Gasteiger partial charge in [0.1, 0.15) is 23.3 Å². The molecule has 0 aliphatic carbocycles. The van der Waals surface area contributed by atoms with Gasteiger partial charge in [0, 0.05) is 17.7 Å². The van der Waals surface area contributed by atoms with Crippen LogP contribution in [0.2, 0.25) is 0 Å². The van der Waals surface area contributed by atoms with Gasteiger partial charge in [0.25, 0.3) is 5.69 Å². The second-order valence-electron chi connectivity index (χ2n) is 4.34. The molecule has 0 saturated carbocycles. The summed E-state index contributed by atoms with van der Waals surface area (Å²) in [6, 6.07) is 8.70. The molecule has 0 unspecified atom stereocenters. The molecule has 0 bridgehead atoms. The van der Waals surface area contributed by atoms with Crippen LogP contribution in [0, 0.1) is 10.1 Å². The molecule has 2 aromatic carbocycles. The van der Waals surface area contributed by atoms with E-state index >= 15 is 0 Å². The first-order valence-electron chi connectivity index (χ1n) is 6.25. The molecule has 2 rings (SSSR count). The number of carbonyl (C=O) groups is 2. The van der Waals surface area contributed by atoms with Crippen LogP contribution >= 0.6 is 15.9 Å². The van der Waals surface area contributed by atoms with Gasteiger partial charge in [-0.1, -0.05) is 12.1 Å². The first-order chi connectivity index (χ1) is 11.0. The van der Waals surface area contributed by atoms with E-state index in [0.29, 0.717) is 17.6 Å². The first-order valence-corrected chi connectivity index (χ1v) is 7.05. The van der Waals surface area contributed by atoms with E-state index in [9.17, 15) is 19.7 Å². The van der Waals surface area contributed by atoms with Gasteiger partial charge in [-0.2, -0.15) is 0 Å². The molecular weight excluding hydrogens is 370 g/mol. The number of nitro benzene ring substituents is 1. The second-order valence-corrected chi connectivity index (χ2v) is 5.20. The number of halogens is 1. The van der Waals surface area contributed by atoms with Gasteiger partial charge >= 0.3 is 5.97 Å². The van der Waals surface area contributed by atoms with Crippen molar-refractivity contribution in [1.82, 2.24) is 0 Å². The molecule has 0 saturated heterocycles. The van der Waals surface area contributed by atoms with Gasteiger partial charge in [-0.25, -0.2) is 4.79 Å². The third kappa shape index (κ3) is 3.72. The molecule has 0 spiro atoms. The molecule has 23 heavy (non-hydrogen) atoms. The van der Waals surface area contributed by atoms with Crippen molar-refractivity contribution in [1.29, 1.82) is 0 Å². The topological polar surface area (TPSA) is 95.7 Å². The summed E-state index contributed by atoms with van der Waals surface area (Å²) in [6.45, 7) is 0. The highest BCUT2D eigenvalue weighted by molar-refractivity contribution is 9.10. The average Bonchev–Trinajstić information content (AvgIpc) is 2.55. The molecule has 0 aliphatic rings. The zero-order valence-electron chi connectivity index (χ0n) is 11.8. The maximum Gasteiger partial charge on any atom is 0.345 e. The fourth-order valence-electron chi connectivity index (χ4n) is 1.82. The van der Waals surface area contributed by atoms with Crippen molar-refractivity contribution in [2.75, 3.05) is 7.11 Å². The predicted molar refractivity (Wildman–Crippen MR) is 84.0 cm³/mol. The summed E-state index contributed by atoms with van der Waals surface area (Å²) in [7, 11) is 1.13. The predicted octanol–water partition coefficient (Wildman–Crippen LogP) is 3.75. The molecule has 8 heteroatoms. The molecule has 0 aromatic heterocycles. The minimum atomic E-state index is -0.851. The van der Waals surface area contributed by atoms with Gasteiger partial charge in [-0.15, -0.1) is 0 Å². The van der Waals surface area contributed by atoms with Crippen LogP contribution in [0.4, 0.5) is 5.69 Å². The minimum absolute atomic E-state index is 0.180. The Morgan fingerprint density at radius 1 is 1.30 bits per heavy atom. The van der Waals surface area contributed by atoms with Gasteiger partial charge in [-0.05, 0) is 28.1 Å². The first kappa shape index (κ1) is 16.6. The summed E-state index contributed by atoms with van der Waals surface area (Å²) in [5.41, 5.74) is -0.228. The smallest absolute Gasteiger partial charge is 0.345 e. The number of carbonyl (C=O) groups excluding carboxylic acids is 2. The lowest BCUT2D eigenvalue weighted by molar-refractivity contribution is -0.385. The lowest BCUT2D eigenvalue weighted by Gasteiger charge is -2.10. The van der Waals surface area contributed by atoms with E-state index in [0.717, 1.165) is 13.2 Å². The largest absolute Gasteiger partial charge is 0.465 e. The van der Waals surface area contributed by atoms with Crippen molar-refractivity contribution in [3.8, 4) is 11.5 Å². The molecule has 0 atom stereocenters. The van der Waals surface area contributed by atoms with E-state index in [1.165, 1.54) is 12.1 Å². The van der Waals surface area contributed by atoms with Crippen LogP contribution in [-0.4, -0.2) is 24.3 Å². The monoisotopic (exact) mass is 379 g/mol. The van der Waals surface area contributed by atoms with Crippen LogP contribution in [0.5, 0.6) is 11.5 Å². The lowest BCUT2D eigenvalue weighted by Crippen LogP contribution is -2.06. The summed E-state index contributed by atoms with van der Waals surface area (Å²) < 4.78 is 10.4. The van der Waals surface area contributed by atoms with Crippen molar-refractivity contribution in [2.45, 2.75) is 0 Å². The highest BCUT2D eigenvalue weighted by Crippen LogP contribution is 2.36. The van der Waals surface area contributed by atoms with Crippen molar-refractivity contribution in [3.63, 3.8) is 0 Å². The van der Waals surface area contributed by atoms with E-state index in [-0.39, 0.29) is 15.8 Å². The maximum absolute atomic E-state index is 11.7. The standard InChI is InChI=1S/C15H10BrNO6/c1-22-15(19)11-6-14(12(16)7-13(11)17(20)21)23-10-4-2-3-9(5-10)8-18/h2-8H,1H3. The molecule has 0 amide bonds. The van der Waals surface area contributed by atoms with Crippen LogP contribution in [0.1, 0.15) is 20.7 Å². The molecule has 0 heterocycles. The SMILES string of the molecule is COC(=O)c1cc(Oc2cccc(C=O)c2)c(Br)cc1[N+](=O)[O-]. The Morgan fingerprint density at radius 3 is 2.65 bits per heavy atom. The Kier molecular flexibility index (Phi) is 5.07. The van der Waals surface area contributed by atoms with E-state index in [1.807, 2.05) is 0 Å². The van der Waals surface area contributed by atoms with Crippen molar-refractivity contribution in [2.24, 2.45) is 0 Å². The number of nitrogens with zero attached hydrogens (tertiary/aromatic N) is 1. The van der Waals surface area contributed by atoms with Crippen molar-refractivity contribution >= 4 is 33.9 Å². The van der Waals surface area contributed by atoms with E-state index in [4.69, 9.17) is 4.74 Å². The number of methoxy groups -OCH3 is 1. The third-order valence-electron chi connectivity index (χ3n) is 2.87. The van der Waals surface area contributed by atoms with E-state index in [1.54, 1.807) is 18.2 Å². The number of nitro groups is 1.